The molecule has 0 aliphatic rings. The van der Waals surface area contributed by atoms with Crippen LogP contribution in [-0.2, 0) is 10.0 Å². The van der Waals surface area contributed by atoms with Gasteiger partial charge < -0.3 is 4.74 Å². The molecule has 21 heavy (non-hydrogen) atoms. The Morgan fingerprint density at radius 2 is 1.81 bits per heavy atom. The normalized spacial score (nSPS) is 11.7. The molecule has 2 aromatic heterocycles. The molecule has 0 fully saturated rings. The van der Waals surface area contributed by atoms with Gasteiger partial charge in [-0.05, 0) is 43.3 Å². The number of benzene rings is 1. The van der Waals surface area contributed by atoms with Crippen molar-refractivity contribution in [1.29, 1.82) is 0 Å². The van der Waals surface area contributed by atoms with Gasteiger partial charge in [-0.3, -0.25) is 4.98 Å². The molecule has 6 heteroatoms. The summed E-state index contributed by atoms with van der Waals surface area (Å²) >= 11 is 0. The van der Waals surface area contributed by atoms with E-state index in [1.807, 2.05) is 0 Å². The zero-order valence-electron chi connectivity index (χ0n) is 11.6. The molecule has 0 amide bonds. The van der Waals surface area contributed by atoms with Gasteiger partial charge in [-0.1, -0.05) is 0 Å². The maximum absolute atomic E-state index is 12.8. The molecule has 1 aromatic carbocycles. The number of aryl methyl sites for hydroxylation is 1. The van der Waals surface area contributed by atoms with Gasteiger partial charge >= 0.3 is 0 Å². The lowest BCUT2D eigenvalue weighted by Gasteiger charge is -2.09. The molecule has 0 saturated heterocycles. The van der Waals surface area contributed by atoms with Crippen molar-refractivity contribution in [1.82, 2.24) is 8.96 Å². The van der Waals surface area contributed by atoms with Crippen molar-refractivity contribution in [3.05, 3.63) is 54.5 Å². The first-order valence-electron chi connectivity index (χ1n) is 6.36. The van der Waals surface area contributed by atoms with E-state index >= 15 is 0 Å². The maximum Gasteiger partial charge on any atom is 0.268 e. The third kappa shape index (κ3) is 2.17. The second kappa shape index (κ2) is 4.89. The van der Waals surface area contributed by atoms with Gasteiger partial charge in [0.15, 0.2) is 0 Å². The van der Waals surface area contributed by atoms with E-state index in [0.717, 1.165) is 5.39 Å². The van der Waals surface area contributed by atoms with Gasteiger partial charge in [-0.2, -0.15) is 0 Å². The lowest BCUT2D eigenvalue weighted by molar-refractivity contribution is 0.414. The Morgan fingerprint density at radius 3 is 2.48 bits per heavy atom. The molecule has 0 aliphatic heterocycles. The van der Waals surface area contributed by atoms with Gasteiger partial charge in [0.2, 0.25) is 0 Å². The molecular formula is C15H14N2O3S. The van der Waals surface area contributed by atoms with Crippen LogP contribution in [0.2, 0.25) is 0 Å². The number of ether oxygens (including phenoxy) is 1. The molecule has 0 unspecified atom stereocenters. The Bertz CT molecular complexity index is 896. The highest BCUT2D eigenvalue weighted by molar-refractivity contribution is 7.90. The standard InChI is InChI=1S/C15H14N2O3S/c1-11-15-12(7-9-16-11)8-10-17(15)21(18,19)14-5-3-13(20-2)4-6-14/h3-10H,1-2H3. The van der Waals surface area contributed by atoms with Gasteiger partial charge in [-0.15, -0.1) is 0 Å². The molecule has 3 rings (SSSR count). The minimum Gasteiger partial charge on any atom is -0.497 e. The number of methoxy groups -OCH3 is 1. The van der Waals surface area contributed by atoms with Crippen molar-refractivity contribution in [3.63, 3.8) is 0 Å². The van der Waals surface area contributed by atoms with Crippen LogP contribution in [0.3, 0.4) is 0 Å². The Balaban J connectivity index is 2.20. The zero-order chi connectivity index (χ0) is 15.0. The predicted octanol–water partition coefficient (Wildman–Crippen LogP) is 2.59. The second-order valence-corrected chi connectivity index (χ2v) is 6.44. The van der Waals surface area contributed by atoms with Crippen molar-refractivity contribution < 1.29 is 13.2 Å². The fourth-order valence-corrected chi connectivity index (χ4v) is 3.69. The highest BCUT2D eigenvalue weighted by Crippen LogP contribution is 2.24. The molecule has 5 nitrogen and oxygen atoms in total. The molecule has 0 saturated carbocycles. The Labute approximate surface area is 122 Å². The quantitative estimate of drug-likeness (QED) is 0.746. The van der Waals surface area contributed by atoms with E-state index in [4.69, 9.17) is 4.74 Å². The van der Waals surface area contributed by atoms with Crippen LogP contribution in [-0.4, -0.2) is 24.5 Å². The first-order valence-corrected chi connectivity index (χ1v) is 7.80. The highest BCUT2D eigenvalue weighted by Gasteiger charge is 2.20. The summed E-state index contributed by atoms with van der Waals surface area (Å²) in [4.78, 5) is 4.38. The number of aromatic nitrogens is 2. The fourth-order valence-electron chi connectivity index (χ4n) is 2.28. The van der Waals surface area contributed by atoms with E-state index < -0.39 is 10.0 Å². The van der Waals surface area contributed by atoms with Gasteiger partial charge in [0.25, 0.3) is 10.0 Å². The van der Waals surface area contributed by atoms with Crippen LogP contribution in [0.15, 0.2) is 53.7 Å². The minimum atomic E-state index is -3.65. The van der Waals surface area contributed by atoms with Crippen molar-refractivity contribution in [2.24, 2.45) is 0 Å². The summed E-state index contributed by atoms with van der Waals surface area (Å²) in [5.74, 6) is 0.615. The molecule has 0 bridgehead atoms. The van der Waals surface area contributed by atoms with Crippen LogP contribution < -0.4 is 4.74 Å². The van der Waals surface area contributed by atoms with E-state index in [9.17, 15) is 8.42 Å². The SMILES string of the molecule is COc1ccc(S(=O)(=O)n2ccc3ccnc(C)c32)cc1. The molecular weight excluding hydrogens is 288 g/mol. The fraction of sp³-hybridized carbons (Fsp3) is 0.133. The molecule has 0 aliphatic carbocycles. The van der Waals surface area contributed by atoms with E-state index in [-0.39, 0.29) is 4.90 Å². The van der Waals surface area contributed by atoms with Crippen LogP contribution in [0, 0.1) is 6.92 Å². The van der Waals surface area contributed by atoms with Crippen molar-refractivity contribution >= 4 is 20.9 Å². The third-order valence-corrected chi connectivity index (χ3v) is 5.05. The first kappa shape index (κ1) is 13.6. The smallest absolute Gasteiger partial charge is 0.268 e. The second-order valence-electron chi connectivity index (χ2n) is 4.63. The number of hydrogen-bond acceptors (Lipinski definition) is 4. The van der Waals surface area contributed by atoms with Crippen LogP contribution in [0.25, 0.3) is 10.9 Å². The molecule has 2 heterocycles. The first-order chi connectivity index (χ1) is 10.0. The van der Waals surface area contributed by atoms with Crippen molar-refractivity contribution in [2.45, 2.75) is 11.8 Å². The molecule has 0 atom stereocenters. The summed E-state index contributed by atoms with van der Waals surface area (Å²) in [5.41, 5.74) is 1.28. The Morgan fingerprint density at radius 1 is 1.10 bits per heavy atom. The lowest BCUT2D eigenvalue weighted by Crippen LogP contribution is -2.12. The molecule has 3 aromatic rings. The summed E-state index contributed by atoms with van der Waals surface area (Å²) in [6.07, 6.45) is 3.22. The summed E-state index contributed by atoms with van der Waals surface area (Å²) in [6.45, 7) is 1.79. The molecule has 0 N–H and O–H groups in total. The van der Waals surface area contributed by atoms with Crippen molar-refractivity contribution in [2.75, 3.05) is 7.11 Å². The van der Waals surface area contributed by atoms with Crippen LogP contribution in [0.1, 0.15) is 5.69 Å². The Hall–Kier alpha value is -2.34. The van der Waals surface area contributed by atoms with E-state index in [1.54, 1.807) is 43.6 Å². The number of nitrogens with zero attached hydrogens (tertiary/aromatic N) is 2. The number of hydrogen-bond donors (Lipinski definition) is 0. The highest BCUT2D eigenvalue weighted by atomic mass is 32.2. The summed E-state index contributed by atoms with van der Waals surface area (Å²) in [7, 11) is -2.11. The summed E-state index contributed by atoms with van der Waals surface area (Å²) < 4.78 is 31.8. The largest absolute Gasteiger partial charge is 0.497 e. The summed E-state index contributed by atoms with van der Waals surface area (Å²) in [6, 6.07) is 9.89. The van der Waals surface area contributed by atoms with Gasteiger partial charge in [-0.25, -0.2) is 12.4 Å². The number of fused-ring (bicyclic) bond motifs is 1. The van der Waals surface area contributed by atoms with Gasteiger partial charge in [0.1, 0.15) is 5.75 Å². The van der Waals surface area contributed by atoms with E-state index in [1.165, 1.54) is 23.2 Å². The molecule has 0 radical (unpaired) electrons. The molecule has 0 spiro atoms. The van der Waals surface area contributed by atoms with Crippen LogP contribution >= 0.6 is 0 Å². The topological polar surface area (TPSA) is 61.2 Å². The lowest BCUT2D eigenvalue weighted by atomic mass is 10.3. The third-order valence-electron chi connectivity index (χ3n) is 3.36. The Kier molecular flexibility index (Phi) is 3.17. The van der Waals surface area contributed by atoms with Crippen molar-refractivity contribution in [3.8, 4) is 5.75 Å². The maximum atomic E-state index is 12.8. The average Bonchev–Trinajstić information content (AvgIpc) is 2.93. The van der Waals surface area contributed by atoms with E-state index in [2.05, 4.69) is 4.98 Å². The van der Waals surface area contributed by atoms with Crippen LogP contribution in [0.5, 0.6) is 5.75 Å². The number of pyridine rings is 1. The average molecular weight is 302 g/mol. The molecule has 108 valence electrons. The minimum absolute atomic E-state index is 0.212. The van der Waals surface area contributed by atoms with Gasteiger partial charge in [0.05, 0.1) is 23.2 Å². The number of rotatable bonds is 3. The predicted molar refractivity (Wildman–Crippen MR) is 80.0 cm³/mol. The zero-order valence-corrected chi connectivity index (χ0v) is 12.5. The van der Waals surface area contributed by atoms with E-state index in [0.29, 0.717) is 17.0 Å². The summed E-state index contributed by atoms with van der Waals surface area (Å²) in [5, 5.41) is 0.847. The monoisotopic (exact) mass is 302 g/mol. The van der Waals surface area contributed by atoms with Gasteiger partial charge in [0, 0.05) is 17.8 Å². The van der Waals surface area contributed by atoms with Crippen LogP contribution in [0.4, 0.5) is 0 Å².